The van der Waals surface area contributed by atoms with E-state index in [1.54, 1.807) is 0 Å². The van der Waals surface area contributed by atoms with Gasteiger partial charge in [0.25, 0.3) is 0 Å². The molecular formula is C23H36O. The van der Waals surface area contributed by atoms with Gasteiger partial charge in [-0.05, 0) is 61.0 Å². The van der Waals surface area contributed by atoms with Crippen LogP contribution in [0.4, 0.5) is 0 Å². The smallest absolute Gasteiger partial charge is 0.119 e. The Morgan fingerprint density at radius 1 is 0.750 bits per heavy atom. The molecule has 1 aromatic carbocycles. The predicted octanol–water partition coefficient (Wildman–Crippen LogP) is 7.05. The number of phenolic OH excluding ortho intramolecular Hbond substituents is 1. The summed E-state index contributed by atoms with van der Waals surface area (Å²) in [5.41, 5.74) is 1.19. The Labute approximate surface area is 148 Å². The van der Waals surface area contributed by atoms with E-state index in [1.165, 1.54) is 82.6 Å². The number of para-hydroxylation sites is 1. The zero-order valence-electron chi connectivity index (χ0n) is 15.6. The fourth-order valence-corrected chi connectivity index (χ4v) is 5.28. The maximum absolute atomic E-state index is 10.1. The average Bonchev–Trinajstić information content (AvgIpc) is 2.62. The van der Waals surface area contributed by atoms with Crippen molar-refractivity contribution in [2.45, 2.75) is 89.9 Å². The van der Waals surface area contributed by atoms with E-state index in [2.05, 4.69) is 19.1 Å². The van der Waals surface area contributed by atoms with Gasteiger partial charge in [-0.3, -0.25) is 0 Å². The van der Waals surface area contributed by atoms with Crippen LogP contribution in [-0.2, 0) is 0 Å². The summed E-state index contributed by atoms with van der Waals surface area (Å²) in [5, 5.41) is 10.1. The highest BCUT2D eigenvalue weighted by Crippen LogP contribution is 2.42. The SMILES string of the molecule is CCCC1CCC(CCC2CCC(c3ccccc3O)CC2)CC1. The summed E-state index contributed by atoms with van der Waals surface area (Å²) in [6.45, 7) is 2.33. The highest BCUT2D eigenvalue weighted by Gasteiger charge is 2.26. The fourth-order valence-electron chi connectivity index (χ4n) is 5.28. The molecule has 0 spiro atoms. The van der Waals surface area contributed by atoms with Crippen LogP contribution in [-0.4, -0.2) is 5.11 Å². The van der Waals surface area contributed by atoms with Crippen LogP contribution in [0.25, 0.3) is 0 Å². The van der Waals surface area contributed by atoms with Crippen molar-refractivity contribution >= 4 is 0 Å². The van der Waals surface area contributed by atoms with Crippen LogP contribution in [0.1, 0.15) is 95.5 Å². The summed E-state index contributed by atoms with van der Waals surface area (Å²) in [6, 6.07) is 7.96. The van der Waals surface area contributed by atoms with E-state index in [0.717, 1.165) is 17.8 Å². The van der Waals surface area contributed by atoms with E-state index in [0.29, 0.717) is 11.7 Å². The summed E-state index contributed by atoms with van der Waals surface area (Å²) in [6.07, 6.45) is 17.0. The molecule has 2 saturated carbocycles. The molecule has 0 atom stereocenters. The molecule has 3 rings (SSSR count). The molecule has 2 aliphatic rings. The third kappa shape index (κ3) is 4.77. The molecule has 24 heavy (non-hydrogen) atoms. The van der Waals surface area contributed by atoms with Crippen LogP contribution in [0.3, 0.4) is 0 Å². The molecule has 2 aliphatic carbocycles. The van der Waals surface area contributed by atoms with Crippen LogP contribution in [0.15, 0.2) is 24.3 Å². The van der Waals surface area contributed by atoms with Crippen molar-refractivity contribution < 1.29 is 5.11 Å². The number of rotatable bonds is 6. The molecule has 2 fully saturated rings. The molecule has 0 unspecified atom stereocenters. The molecule has 0 aromatic heterocycles. The summed E-state index contributed by atoms with van der Waals surface area (Å²) >= 11 is 0. The van der Waals surface area contributed by atoms with Crippen molar-refractivity contribution in [3.63, 3.8) is 0 Å². The molecule has 0 radical (unpaired) electrons. The van der Waals surface area contributed by atoms with Crippen LogP contribution >= 0.6 is 0 Å². The number of hydrogen-bond donors (Lipinski definition) is 1. The Morgan fingerprint density at radius 2 is 1.25 bits per heavy atom. The highest BCUT2D eigenvalue weighted by atomic mass is 16.3. The first-order valence-electron chi connectivity index (χ1n) is 10.5. The molecule has 0 aliphatic heterocycles. The average molecular weight is 329 g/mol. The van der Waals surface area contributed by atoms with Gasteiger partial charge in [-0.1, -0.05) is 76.5 Å². The van der Waals surface area contributed by atoms with Gasteiger partial charge in [-0.2, -0.15) is 0 Å². The van der Waals surface area contributed by atoms with E-state index in [4.69, 9.17) is 0 Å². The molecule has 0 amide bonds. The minimum Gasteiger partial charge on any atom is -0.508 e. The Morgan fingerprint density at radius 3 is 1.79 bits per heavy atom. The molecule has 1 heteroatoms. The molecule has 1 nitrogen and oxygen atoms in total. The number of benzene rings is 1. The lowest BCUT2D eigenvalue weighted by atomic mass is 9.74. The topological polar surface area (TPSA) is 20.2 Å². The van der Waals surface area contributed by atoms with Crippen molar-refractivity contribution in [1.29, 1.82) is 0 Å². The molecule has 0 bridgehead atoms. The summed E-state index contributed by atoms with van der Waals surface area (Å²) in [7, 11) is 0. The minimum absolute atomic E-state index is 0.504. The molecule has 0 saturated heterocycles. The van der Waals surface area contributed by atoms with Gasteiger partial charge in [-0.15, -0.1) is 0 Å². The van der Waals surface area contributed by atoms with Gasteiger partial charge in [0.1, 0.15) is 5.75 Å². The Kier molecular flexibility index (Phi) is 6.63. The molecule has 1 aromatic rings. The van der Waals surface area contributed by atoms with Crippen LogP contribution in [0.2, 0.25) is 0 Å². The maximum Gasteiger partial charge on any atom is 0.119 e. The van der Waals surface area contributed by atoms with Crippen LogP contribution in [0.5, 0.6) is 5.75 Å². The quantitative estimate of drug-likeness (QED) is 0.593. The lowest BCUT2D eigenvalue weighted by Crippen LogP contribution is -2.17. The Hall–Kier alpha value is -0.980. The maximum atomic E-state index is 10.1. The van der Waals surface area contributed by atoms with Gasteiger partial charge in [0, 0.05) is 0 Å². The normalized spacial score (nSPS) is 31.0. The van der Waals surface area contributed by atoms with Crippen LogP contribution in [0, 0.1) is 17.8 Å². The zero-order chi connectivity index (χ0) is 16.8. The number of phenols is 1. The highest BCUT2D eigenvalue weighted by molar-refractivity contribution is 5.35. The number of hydrogen-bond acceptors (Lipinski definition) is 1. The van der Waals surface area contributed by atoms with Crippen molar-refractivity contribution in [3.05, 3.63) is 29.8 Å². The first-order valence-corrected chi connectivity index (χ1v) is 10.5. The Bertz CT molecular complexity index is 479. The lowest BCUT2D eigenvalue weighted by molar-refractivity contribution is 0.223. The lowest BCUT2D eigenvalue weighted by Gasteiger charge is -2.32. The van der Waals surface area contributed by atoms with Gasteiger partial charge >= 0.3 is 0 Å². The van der Waals surface area contributed by atoms with Crippen molar-refractivity contribution in [1.82, 2.24) is 0 Å². The summed E-state index contributed by atoms with van der Waals surface area (Å²) in [4.78, 5) is 0. The standard InChI is InChI=1S/C23H36O/c1-2-5-18-8-10-19(11-9-18)12-13-20-14-16-21(17-15-20)22-6-3-4-7-23(22)24/h3-4,6-7,18-21,24H,2,5,8-17H2,1H3. The van der Waals surface area contributed by atoms with Crippen molar-refractivity contribution in [2.24, 2.45) is 17.8 Å². The molecule has 1 N–H and O–H groups in total. The van der Waals surface area contributed by atoms with Crippen LogP contribution < -0.4 is 0 Å². The summed E-state index contributed by atoms with van der Waals surface area (Å²) in [5.74, 6) is 4.10. The second-order valence-electron chi connectivity index (χ2n) is 8.53. The van der Waals surface area contributed by atoms with E-state index < -0.39 is 0 Å². The van der Waals surface area contributed by atoms with Crippen molar-refractivity contribution in [2.75, 3.05) is 0 Å². The van der Waals surface area contributed by atoms with Gasteiger partial charge in [0.05, 0.1) is 0 Å². The van der Waals surface area contributed by atoms with Gasteiger partial charge in [0.15, 0.2) is 0 Å². The van der Waals surface area contributed by atoms with Crippen molar-refractivity contribution in [3.8, 4) is 5.75 Å². The predicted molar refractivity (Wildman–Crippen MR) is 102 cm³/mol. The second-order valence-corrected chi connectivity index (χ2v) is 8.53. The van der Waals surface area contributed by atoms with E-state index >= 15 is 0 Å². The molecule has 134 valence electrons. The van der Waals surface area contributed by atoms with E-state index in [9.17, 15) is 5.11 Å². The third-order valence-corrected chi connectivity index (χ3v) is 6.87. The fraction of sp³-hybridized carbons (Fsp3) is 0.739. The molecule has 0 heterocycles. The largest absolute Gasteiger partial charge is 0.508 e. The first kappa shape index (κ1) is 17.8. The summed E-state index contributed by atoms with van der Waals surface area (Å²) < 4.78 is 0. The van der Waals surface area contributed by atoms with Gasteiger partial charge in [0.2, 0.25) is 0 Å². The monoisotopic (exact) mass is 328 g/mol. The van der Waals surface area contributed by atoms with E-state index in [1.807, 2.05) is 12.1 Å². The zero-order valence-corrected chi connectivity index (χ0v) is 15.6. The van der Waals surface area contributed by atoms with Gasteiger partial charge < -0.3 is 5.11 Å². The molecular weight excluding hydrogens is 292 g/mol. The van der Waals surface area contributed by atoms with Gasteiger partial charge in [-0.25, -0.2) is 0 Å². The first-order chi connectivity index (χ1) is 11.8. The minimum atomic E-state index is 0.504. The third-order valence-electron chi connectivity index (χ3n) is 6.87. The Balaban J connectivity index is 1.37. The second kappa shape index (κ2) is 8.92. The van der Waals surface area contributed by atoms with E-state index in [-0.39, 0.29) is 0 Å². The number of aromatic hydroxyl groups is 1.